The SMILES string of the molecule is C=C[C@@]1(C)C=C2CC[C@H]3[C@@](C)(CC[C@@H](OC(C)=O)[C@]3(C)C(=O)O)[C@@H]2C[C@@H]1O. The summed E-state index contributed by atoms with van der Waals surface area (Å²) < 4.78 is 5.47. The average Bonchev–Trinajstić information content (AvgIpc) is 2.59. The molecule has 3 aliphatic carbocycles. The van der Waals surface area contributed by atoms with Gasteiger partial charge in [0.05, 0.1) is 6.10 Å². The second-order valence-corrected chi connectivity index (χ2v) is 9.42. The highest BCUT2D eigenvalue weighted by molar-refractivity contribution is 5.77. The number of hydrogen-bond acceptors (Lipinski definition) is 4. The molecule has 3 rings (SSSR count). The Bertz CT molecular complexity index is 697. The van der Waals surface area contributed by atoms with Gasteiger partial charge in [-0.05, 0) is 56.3 Å². The zero-order valence-electron chi connectivity index (χ0n) is 16.8. The third-order valence-electron chi connectivity index (χ3n) is 7.98. The molecule has 0 bridgehead atoms. The lowest BCUT2D eigenvalue weighted by Gasteiger charge is -2.60. The van der Waals surface area contributed by atoms with Crippen LogP contribution >= 0.6 is 0 Å². The van der Waals surface area contributed by atoms with Crippen LogP contribution in [0, 0.1) is 28.1 Å². The molecule has 0 unspecified atom stereocenters. The topological polar surface area (TPSA) is 83.8 Å². The van der Waals surface area contributed by atoms with Crippen LogP contribution in [-0.4, -0.2) is 34.4 Å². The fourth-order valence-corrected chi connectivity index (χ4v) is 6.21. The third kappa shape index (κ3) is 2.86. The van der Waals surface area contributed by atoms with Crippen LogP contribution in [-0.2, 0) is 14.3 Å². The first kappa shape index (κ1) is 20.1. The largest absolute Gasteiger partial charge is 0.481 e. The first-order valence-corrected chi connectivity index (χ1v) is 9.93. The van der Waals surface area contributed by atoms with E-state index in [1.54, 1.807) is 6.92 Å². The van der Waals surface area contributed by atoms with Crippen molar-refractivity contribution < 1.29 is 24.5 Å². The Morgan fingerprint density at radius 1 is 1.30 bits per heavy atom. The fourth-order valence-electron chi connectivity index (χ4n) is 6.21. The standard InChI is InChI=1S/C22H32O5/c1-6-20(3)12-14-7-8-16-21(4,15(14)11-17(20)24)10-9-18(27-13(2)23)22(16,5)19(25)26/h6,12,15-18,24H,1,7-11H2,2-5H3,(H,25,26)/t15-,16+,17+,18-,20+,21+,22-/m1/s1. The van der Waals surface area contributed by atoms with Gasteiger partial charge in [-0.2, -0.15) is 0 Å². The van der Waals surface area contributed by atoms with E-state index in [0.29, 0.717) is 12.8 Å². The summed E-state index contributed by atoms with van der Waals surface area (Å²) in [4.78, 5) is 23.9. The molecule has 7 atom stereocenters. The van der Waals surface area contributed by atoms with Crippen LogP contribution in [0.4, 0.5) is 0 Å². The highest BCUT2D eigenvalue weighted by Crippen LogP contribution is 2.64. The highest BCUT2D eigenvalue weighted by atomic mass is 16.5. The number of rotatable bonds is 3. The molecule has 150 valence electrons. The number of esters is 1. The van der Waals surface area contributed by atoms with E-state index < -0.39 is 35.0 Å². The van der Waals surface area contributed by atoms with E-state index in [1.807, 2.05) is 13.0 Å². The normalized spacial score (nSPS) is 46.5. The molecule has 2 saturated carbocycles. The molecule has 0 aromatic rings. The van der Waals surface area contributed by atoms with E-state index in [2.05, 4.69) is 19.6 Å². The van der Waals surface area contributed by atoms with Gasteiger partial charge in [-0.1, -0.05) is 31.6 Å². The zero-order chi connectivity index (χ0) is 20.2. The van der Waals surface area contributed by atoms with Crippen LogP contribution < -0.4 is 0 Å². The van der Waals surface area contributed by atoms with Crippen molar-refractivity contribution in [3.05, 3.63) is 24.3 Å². The van der Waals surface area contributed by atoms with Gasteiger partial charge in [0, 0.05) is 12.3 Å². The molecule has 0 saturated heterocycles. The molecule has 2 N–H and O–H groups in total. The molecule has 5 heteroatoms. The van der Waals surface area contributed by atoms with Crippen molar-refractivity contribution in [1.29, 1.82) is 0 Å². The quantitative estimate of drug-likeness (QED) is 0.579. The van der Waals surface area contributed by atoms with Gasteiger partial charge in [-0.25, -0.2) is 0 Å². The number of carboxylic acids is 1. The van der Waals surface area contributed by atoms with E-state index in [-0.39, 0.29) is 17.3 Å². The lowest BCUT2D eigenvalue weighted by atomic mass is 9.44. The van der Waals surface area contributed by atoms with Crippen LogP contribution in [0.1, 0.15) is 59.8 Å². The summed E-state index contributed by atoms with van der Waals surface area (Å²) in [5, 5.41) is 20.9. The summed E-state index contributed by atoms with van der Waals surface area (Å²) in [6.45, 7) is 11.1. The van der Waals surface area contributed by atoms with Crippen molar-refractivity contribution in [2.24, 2.45) is 28.1 Å². The lowest BCUT2D eigenvalue weighted by Crippen LogP contribution is -2.61. The molecule has 0 spiro atoms. The van der Waals surface area contributed by atoms with Crippen molar-refractivity contribution in [1.82, 2.24) is 0 Å². The molecule has 0 amide bonds. The second-order valence-electron chi connectivity index (χ2n) is 9.42. The van der Waals surface area contributed by atoms with Crippen molar-refractivity contribution in [2.75, 3.05) is 0 Å². The number of carbonyl (C=O) groups is 2. The number of carboxylic acid groups (broad SMARTS) is 1. The maximum absolute atomic E-state index is 12.4. The van der Waals surface area contributed by atoms with Gasteiger partial charge in [0.15, 0.2) is 0 Å². The number of ether oxygens (including phenoxy) is 1. The van der Waals surface area contributed by atoms with Gasteiger partial charge in [0.2, 0.25) is 0 Å². The van der Waals surface area contributed by atoms with Crippen LogP contribution in [0.3, 0.4) is 0 Å². The summed E-state index contributed by atoms with van der Waals surface area (Å²) >= 11 is 0. The summed E-state index contributed by atoms with van der Waals surface area (Å²) in [6.07, 6.45) is 6.36. The third-order valence-corrected chi connectivity index (χ3v) is 7.98. The first-order valence-electron chi connectivity index (χ1n) is 9.93. The van der Waals surface area contributed by atoms with E-state index in [1.165, 1.54) is 12.5 Å². The van der Waals surface area contributed by atoms with Crippen molar-refractivity contribution in [2.45, 2.75) is 72.0 Å². The number of allylic oxidation sites excluding steroid dienone is 1. The lowest BCUT2D eigenvalue weighted by molar-refractivity contribution is -0.196. The monoisotopic (exact) mass is 376 g/mol. The second kappa shape index (κ2) is 6.47. The Morgan fingerprint density at radius 3 is 2.52 bits per heavy atom. The van der Waals surface area contributed by atoms with Crippen molar-refractivity contribution >= 4 is 11.9 Å². The summed E-state index contributed by atoms with van der Waals surface area (Å²) in [5.74, 6) is -1.29. The minimum Gasteiger partial charge on any atom is -0.481 e. The van der Waals surface area contributed by atoms with Gasteiger partial charge in [-0.3, -0.25) is 9.59 Å². The van der Waals surface area contributed by atoms with Gasteiger partial charge in [0.1, 0.15) is 11.5 Å². The van der Waals surface area contributed by atoms with Gasteiger partial charge < -0.3 is 14.9 Å². The molecule has 27 heavy (non-hydrogen) atoms. The van der Waals surface area contributed by atoms with Gasteiger partial charge in [0.25, 0.3) is 0 Å². The predicted octanol–water partition coefficient (Wildman–Crippen LogP) is 3.72. The smallest absolute Gasteiger partial charge is 0.313 e. The Labute approximate surface area is 161 Å². The molecular weight excluding hydrogens is 344 g/mol. The summed E-state index contributed by atoms with van der Waals surface area (Å²) in [6, 6.07) is 0. The van der Waals surface area contributed by atoms with Crippen LogP contribution in [0.2, 0.25) is 0 Å². The van der Waals surface area contributed by atoms with Gasteiger partial charge in [-0.15, -0.1) is 6.58 Å². The Kier molecular flexibility index (Phi) is 4.82. The molecule has 2 fully saturated rings. The molecule has 3 aliphatic rings. The molecule has 0 heterocycles. The number of carbonyl (C=O) groups excluding carboxylic acids is 1. The van der Waals surface area contributed by atoms with E-state index >= 15 is 0 Å². The number of fused-ring (bicyclic) bond motifs is 3. The Balaban J connectivity index is 2.03. The minimum absolute atomic E-state index is 0.108. The number of aliphatic hydroxyl groups excluding tert-OH is 1. The number of aliphatic carboxylic acids is 1. The van der Waals surface area contributed by atoms with Crippen molar-refractivity contribution in [3.8, 4) is 0 Å². The maximum Gasteiger partial charge on any atom is 0.313 e. The van der Waals surface area contributed by atoms with Crippen LogP contribution in [0.5, 0.6) is 0 Å². The molecular formula is C22H32O5. The first-order chi connectivity index (χ1) is 12.5. The molecule has 0 radical (unpaired) electrons. The summed E-state index contributed by atoms with van der Waals surface area (Å²) in [7, 11) is 0. The number of hydrogen-bond donors (Lipinski definition) is 2. The maximum atomic E-state index is 12.4. The molecule has 0 aliphatic heterocycles. The van der Waals surface area contributed by atoms with E-state index in [0.717, 1.165) is 19.3 Å². The van der Waals surface area contributed by atoms with E-state index in [4.69, 9.17) is 4.74 Å². The van der Waals surface area contributed by atoms with Gasteiger partial charge >= 0.3 is 11.9 Å². The average molecular weight is 376 g/mol. The molecule has 5 nitrogen and oxygen atoms in total. The number of aliphatic hydroxyl groups is 1. The van der Waals surface area contributed by atoms with Crippen LogP contribution in [0.25, 0.3) is 0 Å². The minimum atomic E-state index is -1.12. The molecule has 0 aromatic heterocycles. The van der Waals surface area contributed by atoms with Crippen LogP contribution in [0.15, 0.2) is 24.3 Å². The van der Waals surface area contributed by atoms with Crippen molar-refractivity contribution in [3.63, 3.8) is 0 Å². The predicted molar refractivity (Wildman–Crippen MR) is 102 cm³/mol. The highest BCUT2D eigenvalue weighted by Gasteiger charge is 2.63. The Morgan fingerprint density at radius 2 is 1.96 bits per heavy atom. The molecule has 0 aromatic carbocycles. The summed E-state index contributed by atoms with van der Waals surface area (Å²) in [5.41, 5.74) is -0.466. The van der Waals surface area contributed by atoms with E-state index in [9.17, 15) is 19.8 Å². The fraction of sp³-hybridized carbons (Fsp3) is 0.727. The zero-order valence-corrected chi connectivity index (χ0v) is 16.8. The Hall–Kier alpha value is -1.62.